The summed E-state index contributed by atoms with van der Waals surface area (Å²) in [6, 6.07) is 25.5. The molecular formula is C25H18N2O2S2. The molecule has 0 aliphatic heterocycles. The second-order valence-electron chi connectivity index (χ2n) is 6.91. The minimum Gasteiger partial charge on any atom is -0.455 e. The van der Waals surface area contributed by atoms with Gasteiger partial charge in [0.05, 0.1) is 31.6 Å². The number of hydrogen-bond donors (Lipinski definition) is 0. The lowest BCUT2D eigenvalue weighted by molar-refractivity contribution is 0.476. The van der Waals surface area contributed by atoms with Crippen LogP contribution in [0.2, 0.25) is 0 Å². The summed E-state index contributed by atoms with van der Waals surface area (Å²) in [5.41, 5.74) is 1.72. The van der Waals surface area contributed by atoms with Gasteiger partial charge < -0.3 is 4.74 Å². The summed E-state index contributed by atoms with van der Waals surface area (Å²) >= 11 is 1.51. The third kappa shape index (κ3) is 3.92. The lowest BCUT2D eigenvalue weighted by Gasteiger charge is -2.15. The summed E-state index contributed by atoms with van der Waals surface area (Å²) in [4.78, 5) is 11.6. The van der Waals surface area contributed by atoms with Crippen molar-refractivity contribution < 1.29 is 8.95 Å². The number of para-hydroxylation sites is 3. The van der Waals surface area contributed by atoms with E-state index in [9.17, 15) is 4.21 Å². The molecule has 0 radical (unpaired) electrons. The molecule has 2 aromatic heterocycles. The Balaban J connectivity index is 1.71. The average Bonchev–Trinajstić information content (AvgIpc) is 2.81. The van der Waals surface area contributed by atoms with Crippen LogP contribution in [-0.4, -0.2) is 20.4 Å². The van der Waals surface area contributed by atoms with Crippen LogP contribution in [0, 0.1) is 0 Å². The first-order chi connectivity index (χ1) is 15.2. The minimum absolute atomic E-state index is 0.697. The standard InChI is InChI=1S/C25H18N2O2S2/c1-31(28)23-16-27-21-14-8-6-12-19(21)25(23)30-22-15-26-20-13-7-5-11-18(20)24(22)29-17-9-3-2-4-10-17/h2-16H,1H3. The highest BCUT2D eigenvalue weighted by atomic mass is 32.2. The Hall–Kier alpha value is -3.22. The number of nitrogens with zero attached hydrogens (tertiary/aromatic N) is 2. The van der Waals surface area contributed by atoms with Crippen molar-refractivity contribution in [1.82, 2.24) is 9.97 Å². The molecule has 0 saturated carbocycles. The van der Waals surface area contributed by atoms with Crippen molar-refractivity contribution in [3.05, 3.63) is 91.3 Å². The van der Waals surface area contributed by atoms with Crippen LogP contribution < -0.4 is 4.74 Å². The van der Waals surface area contributed by atoms with Gasteiger partial charge in [0.25, 0.3) is 0 Å². The fourth-order valence-electron chi connectivity index (χ4n) is 3.40. The monoisotopic (exact) mass is 442 g/mol. The number of ether oxygens (including phenoxy) is 1. The minimum atomic E-state index is -1.19. The molecule has 5 aromatic rings. The fourth-order valence-corrected chi connectivity index (χ4v) is 5.45. The number of pyridine rings is 2. The normalized spacial score (nSPS) is 12.2. The maximum Gasteiger partial charge on any atom is 0.152 e. The highest BCUT2D eigenvalue weighted by Crippen LogP contribution is 2.44. The van der Waals surface area contributed by atoms with E-state index < -0.39 is 10.8 Å². The van der Waals surface area contributed by atoms with Crippen LogP contribution >= 0.6 is 11.8 Å². The van der Waals surface area contributed by atoms with Crippen molar-refractivity contribution >= 4 is 44.4 Å². The number of aromatic nitrogens is 2. The van der Waals surface area contributed by atoms with E-state index in [4.69, 9.17) is 4.74 Å². The van der Waals surface area contributed by atoms with Gasteiger partial charge in [-0.15, -0.1) is 0 Å². The van der Waals surface area contributed by atoms with Gasteiger partial charge in [0, 0.05) is 34.3 Å². The Morgan fingerprint density at radius 1 is 0.774 bits per heavy atom. The summed E-state index contributed by atoms with van der Waals surface area (Å²) in [7, 11) is -1.19. The molecule has 1 atom stereocenters. The molecule has 0 saturated heterocycles. The molecule has 0 fully saturated rings. The van der Waals surface area contributed by atoms with E-state index in [1.165, 1.54) is 11.8 Å². The number of rotatable bonds is 5. The van der Waals surface area contributed by atoms with E-state index in [0.717, 1.165) is 43.1 Å². The van der Waals surface area contributed by atoms with Crippen LogP contribution in [0.15, 0.2) is 106 Å². The second kappa shape index (κ2) is 8.49. The molecule has 1 unspecified atom stereocenters. The van der Waals surface area contributed by atoms with Crippen molar-refractivity contribution in [1.29, 1.82) is 0 Å². The molecule has 2 heterocycles. The van der Waals surface area contributed by atoms with Crippen LogP contribution in [0.4, 0.5) is 0 Å². The molecule has 4 nitrogen and oxygen atoms in total. The zero-order valence-electron chi connectivity index (χ0n) is 16.7. The molecule has 152 valence electrons. The van der Waals surface area contributed by atoms with Crippen molar-refractivity contribution in [3.8, 4) is 11.5 Å². The zero-order valence-corrected chi connectivity index (χ0v) is 18.3. The van der Waals surface area contributed by atoms with Crippen LogP contribution in [0.25, 0.3) is 21.8 Å². The summed E-state index contributed by atoms with van der Waals surface area (Å²) in [6.07, 6.45) is 5.20. The van der Waals surface area contributed by atoms with Crippen molar-refractivity contribution in [3.63, 3.8) is 0 Å². The lowest BCUT2D eigenvalue weighted by Crippen LogP contribution is -1.96. The Morgan fingerprint density at radius 3 is 2.13 bits per heavy atom. The largest absolute Gasteiger partial charge is 0.455 e. The predicted octanol–water partition coefficient (Wildman–Crippen LogP) is 6.46. The SMILES string of the molecule is CS(=O)c1cnc2ccccc2c1Sc1cnc2ccccc2c1Oc1ccccc1. The van der Waals surface area contributed by atoms with Crippen LogP contribution in [-0.2, 0) is 10.8 Å². The average molecular weight is 443 g/mol. The van der Waals surface area contributed by atoms with Gasteiger partial charge in [-0.25, -0.2) is 0 Å². The van der Waals surface area contributed by atoms with E-state index in [2.05, 4.69) is 9.97 Å². The first-order valence-corrected chi connectivity index (χ1v) is 12.1. The van der Waals surface area contributed by atoms with E-state index in [1.54, 1.807) is 12.5 Å². The highest BCUT2D eigenvalue weighted by molar-refractivity contribution is 8.00. The molecule has 0 N–H and O–H groups in total. The summed E-state index contributed by atoms with van der Waals surface area (Å²) in [6.45, 7) is 0. The van der Waals surface area contributed by atoms with Gasteiger partial charge in [-0.3, -0.25) is 14.2 Å². The van der Waals surface area contributed by atoms with E-state index >= 15 is 0 Å². The molecule has 0 aliphatic carbocycles. The van der Waals surface area contributed by atoms with Gasteiger partial charge in [-0.05, 0) is 30.3 Å². The highest BCUT2D eigenvalue weighted by Gasteiger charge is 2.18. The predicted molar refractivity (Wildman–Crippen MR) is 126 cm³/mol. The quantitative estimate of drug-likeness (QED) is 0.312. The molecule has 0 aliphatic rings. The Kier molecular flexibility index (Phi) is 5.40. The van der Waals surface area contributed by atoms with Gasteiger partial charge >= 0.3 is 0 Å². The first kappa shape index (κ1) is 19.7. The second-order valence-corrected chi connectivity index (χ2v) is 9.31. The number of hydrogen-bond acceptors (Lipinski definition) is 5. The Bertz CT molecular complexity index is 1420. The summed E-state index contributed by atoms with van der Waals surface area (Å²) in [5.74, 6) is 1.48. The Morgan fingerprint density at radius 2 is 1.39 bits per heavy atom. The smallest absolute Gasteiger partial charge is 0.152 e. The fraction of sp³-hybridized carbons (Fsp3) is 0.0400. The van der Waals surface area contributed by atoms with Crippen molar-refractivity contribution in [2.75, 3.05) is 6.26 Å². The maximum atomic E-state index is 12.5. The van der Waals surface area contributed by atoms with Gasteiger partial charge in [0.15, 0.2) is 5.75 Å². The maximum absolute atomic E-state index is 12.5. The number of fused-ring (bicyclic) bond motifs is 2. The van der Waals surface area contributed by atoms with Crippen LogP contribution in [0.5, 0.6) is 11.5 Å². The van der Waals surface area contributed by atoms with Crippen LogP contribution in [0.3, 0.4) is 0 Å². The van der Waals surface area contributed by atoms with Crippen LogP contribution in [0.1, 0.15) is 0 Å². The molecule has 31 heavy (non-hydrogen) atoms. The molecule has 0 spiro atoms. The summed E-state index contributed by atoms with van der Waals surface area (Å²) in [5, 5.41) is 1.88. The third-order valence-electron chi connectivity index (χ3n) is 4.87. The molecule has 0 amide bonds. The summed E-state index contributed by atoms with van der Waals surface area (Å²) < 4.78 is 18.9. The molecule has 5 rings (SSSR count). The number of benzene rings is 3. The third-order valence-corrected chi connectivity index (χ3v) is 7.08. The Labute approximate surface area is 186 Å². The lowest BCUT2D eigenvalue weighted by atomic mass is 10.2. The molecule has 3 aromatic carbocycles. The van der Waals surface area contributed by atoms with Gasteiger partial charge in [-0.2, -0.15) is 0 Å². The van der Waals surface area contributed by atoms with Gasteiger partial charge in [0.2, 0.25) is 0 Å². The zero-order chi connectivity index (χ0) is 21.2. The van der Waals surface area contributed by atoms with Crippen molar-refractivity contribution in [2.45, 2.75) is 14.7 Å². The van der Waals surface area contributed by atoms with Crippen molar-refractivity contribution in [2.24, 2.45) is 0 Å². The van der Waals surface area contributed by atoms with Gasteiger partial charge in [-0.1, -0.05) is 60.3 Å². The molecule has 0 bridgehead atoms. The molecular weight excluding hydrogens is 424 g/mol. The topological polar surface area (TPSA) is 52.1 Å². The van der Waals surface area contributed by atoms with E-state index in [-0.39, 0.29) is 0 Å². The first-order valence-electron chi connectivity index (χ1n) is 9.70. The van der Waals surface area contributed by atoms with Gasteiger partial charge in [0.1, 0.15) is 5.75 Å². The van der Waals surface area contributed by atoms with E-state index in [1.807, 2.05) is 85.1 Å². The van der Waals surface area contributed by atoms with E-state index in [0.29, 0.717) is 4.90 Å². The molecule has 6 heteroatoms.